The number of benzene rings is 1. The van der Waals surface area contributed by atoms with Gasteiger partial charge in [0, 0.05) is 22.6 Å². The molecule has 0 aliphatic carbocycles. The van der Waals surface area contributed by atoms with Crippen LogP contribution in [0.2, 0.25) is 0 Å². The highest BCUT2D eigenvalue weighted by molar-refractivity contribution is 9.10. The molecule has 0 atom stereocenters. The molecule has 0 spiro atoms. The van der Waals surface area contributed by atoms with E-state index in [1.807, 2.05) is 0 Å². The number of hydrogen-bond donors (Lipinski definition) is 1. The van der Waals surface area contributed by atoms with Crippen molar-refractivity contribution in [2.24, 2.45) is 0 Å². The predicted molar refractivity (Wildman–Crippen MR) is 70.0 cm³/mol. The SMILES string of the molecule is FC(F)n1ccnc1CNc1cc(Br)cc(C(F)(F)F)c1. The molecule has 1 heterocycles. The van der Waals surface area contributed by atoms with E-state index in [-0.39, 0.29) is 22.5 Å². The fourth-order valence-corrected chi connectivity index (χ4v) is 2.19. The van der Waals surface area contributed by atoms with Crippen molar-refractivity contribution in [1.29, 1.82) is 0 Å². The second kappa shape index (κ2) is 6.00. The van der Waals surface area contributed by atoms with Gasteiger partial charge in [-0.25, -0.2) is 4.98 Å². The summed E-state index contributed by atoms with van der Waals surface area (Å²) in [5.74, 6) is 0.0264. The lowest BCUT2D eigenvalue weighted by Crippen LogP contribution is -2.10. The minimum absolute atomic E-state index is 0.0264. The third-order valence-corrected chi connectivity index (χ3v) is 3.09. The van der Waals surface area contributed by atoms with Crippen LogP contribution in [0.4, 0.5) is 27.6 Å². The number of nitrogens with one attached hydrogen (secondary N) is 1. The Hall–Kier alpha value is -1.64. The van der Waals surface area contributed by atoms with E-state index < -0.39 is 18.3 Å². The Labute approximate surface area is 124 Å². The molecule has 0 amide bonds. The summed E-state index contributed by atoms with van der Waals surface area (Å²) in [4.78, 5) is 3.73. The molecule has 0 saturated heterocycles. The number of nitrogens with zero attached hydrogens (tertiary/aromatic N) is 2. The lowest BCUT2D eigenvalue weighted by Gasteiger charge is -2.12. The molecule has 1 aromatic heterocycles. The van der Waals surface area contributed by atoms with Gasteiger partial charge in [0.25, 0.3) is 0 Å². The number of alkyl halides is 5. The second-order valence-electron chi connectivity index (χ2n) is 4.11. The van der Waals surface area contributed by atoms with Crippen molar-refractivity contribution in [1.82, 2.24) is 9.55 Å². The summed E-state index contributed by atoms with van der Waals surface area (Å²) < 4.78 is 64.1. The number of halogens is 6. The van der Waals surface area contributed by atoms with E-state index in [0.717, 1.165) is 18.3 Å². The maximum absolute atomic E-state index is 12.7. The van der Waals surface area contributed by atoms with Crippen molar-refractivity contribution >= 4 is 21.6 Å². The van der Waals surface area contributed by atoms with Crippen LogP contribution >= 0.6 is 15.9 Å². The molecular weight excluding hydrogens is 361 g/mol. The van der Waals surface area contributed by atoms with Gasteiger partial charge in [-0.15, -0.1) is 0 Å². The number of rotatable bonds is 4. The maximum Gasteiger partial charge on any atom is 0.416 e. The van der Waals surface area contributed by atoms with Crippen LogP contribution in [0.25, 0.3) is 0 Å². The fraction of sp³-hybridized carbons (Fsp3) is 0.250. The van der Waals surface area contributed by atoms with Gasteiger partial charge in [0.05, 0.1) is 12.1 Å². The molecule has 0 aliphatic heterocycles. The first-order valence-corrected chi connectivity index (χ1v) is 6.48. The van der Waals surface area contributed by atoms with Crippen molar-refractivity contribution in [3.05, 3.63) is 46.5 Å². The zero-order valence-electron chi connectivity index (χ0n) is 10.3. The number of hydrogen-bond acceptors (Lipinski definition) is 2. The molecule has 21 heavy (non-hydrogen) atoms. The Bertz CT molecular complexity index is 624. The molecule has 3 nitrogen and oxygen atoms in total. The molecule has 0 bridgehead atoms. The molecule has 0 radical (unpaired) electrons. The average Bonchev–Trinajstić information content (AvgIpc) is 2.83. The van der Waals surface area contributed by atoms with E-state index in [0.29, 0.717) is 4.57 Å². The van der Waals surface area contributed by atoms with Gasteiger partial charge in [-0.2, -0.15) is 22.0 Å². The molecule has 114 valence electrons. The van der Waals surface area contributed by atoms with Crippen molar-refractivity contribution < 1.29 is 22.0 Å². The number of imidazole rings is 1. The van der Waals surface area contributed by atoms with E-state index in [2.05, 4.69) is 26.2 Å². The van der Waals surface area contributed by atoms with E-state index in [4.69, 9.17) is 0 Å². The van der Waals surface area contributed by atoms with Crippen molar-refractivity contribution in [2.75, 3.05) is 5.32 Å². The van der Waals surface area contributed by atoms with Crippen molar-refractivity contribution in [3.8, 4) is 0 Å². The summed E-state index contributed by atoms with van der Waals surface area (Å²) in [5.41, 5.74) is -0.683. The molecule has 9 heteroatoms. The lowest BCUT2D eigenvalue weighted by molar-refractivity contribution is -0.137. The quantitative estimate of drug-likeness (QED) is 0.793. The van der Waals surface area contributed by atoms with E-state index >= 15 is 0 Å². The van der Waals surface area contributed by atoms with Gasteiger partial charge in [0.2, 0.25) is 0 Å². The minimum atomic E-state index is -4.48. The van der Waals surface area contributed by atoms with Gasteiger partial charge < -0.3 is 5.32 Å². The predicted octanol–water partition coefficient (Wildman–Crippen LogP) is 4.67. The highest BCUT2D eigenvalue weighted by atomic mass is 79.9. The monoisotopic (exact) mass is 369 g/mol. The van der Waals surface area contributed by atoms with Crippen molar-refractivity contribution in [3.63, 3.8) is 0 Å². The third-order valence-electron chi connectivity index (χ3n) is 2.63. The van der Waals surface area contributed by atoms with Gasteiger partial charge in [-0.1, -0.05) is 15.9 Å². The molecule has 0 saturated carbocycles. The fourth-order valence-electron chi connectivity index (χ4n) is 1.70. The average molecular weight is 370 g/mol. The highest BCUT2D eigenvalue weighted by Gasteiger charge is 2.31. The van der Waals surface area contributed by atoms with Crippen LogP contribution in [-0.2, 0) is 12.7 Å². The van der Waals surface area contributed by atoms with E-state index in [1.54, 1.807) is 0 Å². The normalized spacial score (nSPS) is 12.0. The van der Waals surface area contributed by atoms with Gasteiger partial charge in [-0.3, -0.25) is 4.57 Å². The zero-order chi connectivity index (χ0) is 15.6. The smallest absolute Gasteiger partial charge is 0.378 e. The molecule has 0 aliphatic rings. The minimum Gasteiger partial charge on any atom is -0.378 e. The molecule has 1 aromatic carbocycles. The highest BCUT2D eigenvalue weighted by Crippen LogP contribution is 2.33. The van der Waals surface area contributed by atoms with Crippen LogP contribution in [0.3, 0.4) is 0 Å². The molecule has 2 aromatic rings. The van der Waals surface area contributed by atoms with Crippen LogP contribution < -0.4 is 5.32 Å². The zero-order valence-corrected chi connectivity index (χ0v) is 11.9. The summed E-state index contributed by atoms with van der Waals surface area (Å²) >= 11 is 2.98. The Morgan fingerprint density at radius 1 is 1.24 bits per heavy atom. The molecule has 0 unspecified atom stereocenters. The van der Waals surface area contributed by atoms with Crippen LogP contribution in [0.1, 0.15) is 17.9 Å². The molecule has 0 fully saturated rings. The van der Waals surface area contributed by atoms with Crippen LogP contribution in [0.5, 0.6) is 0 Å². The van der Waals surface area contributed by atoms with Crippen LogP contribution in [-0.4, -0.2) is 9.55 Å². The number of aromatic nitrogens is 2. The standard InChI is InChI=1S/C12H9BrF5N3/c13-8-3-7(12(16,17)18)4-9(5-8)20-6-10-19-1-2-21(10)11(14)15/h1-5,11,20H,6H2. The van der Waals surface area contributed by atoms with Crippen LogP contribution in [0, 0.1) is 0 Å². The topological polar surface area (TPSA) is 29.9 Å². The largest absolute Gasteiger partial charge is 0.416 e. The summed E-state index contributed by atoms with van der Waals surface area (Å²) in [6, 6.07) is 3.26. The Balaban J connectivity index is 2.17. The Morgan fingerprint density at radius 2 is 1.95 bits per heavy atom. The third kappa shape index (κ3) is 3.93. The lowest BCUT2D eigenvalue weighted by atomic mass is 10.2. The maximum atomic E-state index is 12.7. The van der Waals surface area contributed by atoms with Crippen molar-refractivity contribution in [2.45, 2.75) is 19.3 Å². The summed E-state index contributed by atoms with van der Waals surface area (Å²) in [7, 11) is 0. The molecular formula is C12H9BrF5N3. The van der Waals surface area contributed by atoms with Crippen LogP contribution in [0.15, 0.2) is 35.1 Å². The van der Waals surface area contributed by atoms with E-state index in [9.17, 15) is 22.0 Å². The summed E-state index contributed by atoms with van der Waals surface area (Å²) in [6.07, 6.45) is -2.18. The summed E-state index contributed by atoms with van der Waals surface area (Å²) in [5, 5.41) is 2.65. The first-order chi connectivity index (χ1) is 9.77. The van der Waals surface area contributed by atoms with Gasteiger partial charge >= 0.3 is 12.7 Å². The Morgan fingerprint density at radius 3 is 2.57 bits per heavy atom. The molecule has 2 rings (SSSR count). The first-order valence-electron chi connectivity index (χ1n) is 5.69. The molecule has 1 N–H and O–H groups in total. The Kier molecular flexibility index (Phi) is 4.50. The van der Waals surface area contributed by atoms with Gasteiger partial charge in [-0.05, 0) is 18.2 Å². The summed E-state index contributed by atoms with van der Waals surface area (Å²) in [6.45, 7) is -2.87. The number of anilines is 1. The second-order valence-corrected chi connectivity index (χ2v) is 5.02. The van der Waals surface area contributed by atoms with Gasteiger partial charge in [0.15, 0.2) is 0 Å². The van der Waals surface area contributed by atoms with Gasteiger partial charge in [0.1, 0.15) is 5.82 Å². The van der Waals surface area contributed by atoms with E-state index in [1.165, 1.54) is 12.3 Å². The first kappa shape index (κ1) is 15.7.